The van der Waals surface area contributed by atoms with Crippen LogP contribution >= 0.6 is 0 Å². The highest BCUT2D eigenvalue weighted by molar-refractivity contribution is 5.94. The molecule has 1 aliphatic carbocycles. The molecule has 1 aliphatic rings. The zero-order valence-corrected chi connectivity index (χ0v) is 15.3. The molecule has 4 rings (SSSR count). The molecule has 0 spiro atoms. The van der Waals surface area contributed by atoms with Crippen molar-refractivity contribution in [3.05, 3.63) is 77.0 Å². The highest BCUT2D eigenvalue weighted by Crippen LogP contribution is 2.30. The van der Waals surface area contributed by atoms with Gasteiger partial charge in [-0.3, -0.25) is 14.8 Å². The van der Waals surface area contributed by atoms with Gasteiger partial charge in [0.15, 0.2) is 0 Å². The molecule has 0 unspecified atom stereocenters. The number of amides is 1. The second kappa shape index (κ2) is 7.23. The maximum atomic E-state index is 13.5. The van der Waals surface area contributed by atoms with Crippen molar-refractivity contribution in [2.75, 3.05) is 0 Å². The lowest BCUT2D eigenvalue weighted by Crippen LogP contribution is -2.12. The number of rotatable bonds is 4. The Kier molecular flexibility index (Phi) is 4.61. The highest BCUT2D eigenvalue weighted by Gasteiger charge is 2.13. The minimum Gasteiger partial charge on any atom is -0.456 e. The monoisotopic (exact) mass is 375 g/mol. The Balaban J connectivity index is 1.61. The van der Waals surface area contributed by atoms with Crippen LogP contribution in [-0.4, -0.2) is 15.9 Å². The van der Waals surface area contributed by atoms with Gasteiger partial charge in [-0.2, -0.15) is 0 Å². The number of carbonyl (C=O) groups excluding carboxylic acids is 1. The lowest BCUT2D eigenvalue weighted by atomic mass is 10.0. The van der Waals surface area contributed by atoms with E-state index in [2.05, 4.69) is 9.97 Å². The third kappa shape index (κ3) is 3.62. The number of benzene rings is 1. The van der Waals surface area contributed by atoms with Gasteiger partial charge in [-0.1, -0.05) is 6.07 Å². The zero-order chi connectivity index (χ0) is 19.7. The van der Waals surface area contributed by atoms with E-state index in [4.69, 9.17) is 10.5 Å². The lowest BCUT2D eigenvalue weighted by molar-refractivity contribution is 0.0999. The van der Waals surface area contributed by atoms with Crippen molar-refractivity contribution in [3.63, 3.8) is 0 Å². The van der Waals surface area contributed by atoms with Gasteiger partial charge < -0.3 is 10.5 Å². The average molecular weight is 375 g/mol. The van der Waals surface area contributed by atoms with E-state index < -0.39 is 5.91 Å². The fourth-order valence-corrected chi connectivity index (χ4v) is 3.23. The van der Waals surface area contributed by atoms with Crippen LogP contribution in [0.1, 0.15) is 33.6 Å². The van der Waals surface area contributed by atoms with E-state index in [9.17, 15) is 9.18 Å². The first-order valence-corrected chi connectivity index (χ1v) is 8.89. The second-order valence-corrected chi connectivity index (χ2v) is 6.67. The molecule has 1 amide bonds. The summed E-state index contributed by atoms with van der Waals surface area (Å²) in [4.78, 5) is 20.2. The van der Waals surface area contributed by atoms with Gasteiger partial charge in [0.25, 0.3) is 0 Å². The van der Waals surface area contributed by atoms with Crippen molar-refractivity contribution in [2.24, 2.45) is 5.73 Å². The molecule has 2 N–H and O–H groups in total. The standard InChI is InChI=1S/C22H18FN3O2/c1-13-8-14(2-4-19(13)22(24)27)21-11-17(6-7-25-21)28-18-10-15-9-16(23)3-5-20(15)26-12-18/h2,4,6-12H,3,5H2,1H3,(H2,24,27). The molecule has 0 saturated heterocycles. The number of hydrogen-bond acceptors (Lipinski definition) is 4. The van der Waals surface area contributed by atoms with Crippen molar-refractivity contribution < 1.29 is 13.9 Å². The fraction of sp³-hybridized carbons (Fsp3) is 0.136. The summed E-state index contributed by atoms with van der Waals surface area (Å²) in [6, 6.07) is 10.7. The number of pyridine rings is 2. The molecular weight excluding hydrogens is 357 g/mol. The number of aryl methyl sites for hydroxylation is 2. The van der Waals surface area contributed by atoms with Crippen LogP contribution in [0, 0.1) is 6.92 Å². The first-order valence-electron chi connectivity index (χ1n) is 8.89. The van der Waals surface area contributed by atoms with Crippen molar-refractivity contribution in [2.45, 2.75) is 19.8 Å². The van der Waals surface area contributed by atoms with E-state index in [0.29, 0.717) is 35.6 Å². The van der Waals surface area contributed by atoms with Gasteiger partial charge >= 0.3 is 0 Å². The second-order valence-electron chi connectivity index (χ2n) is 6.67. The molecular formula is C22H18FN3O2. The quantitative estimate of drug-likeness (QED) is 0.723. The summed E-state index contributed by atoms with van der Waals surface area (Å²) in [5.74, 6) is 0.512. The Bertz CT molecular complexity index is 1110. The van der Waals surface area contributed by atoms with Crippen LogP contribution in [0.3, 0.4) is 0 Å². The normalized spacial score (nSPS) is 12.9. The summed E-state index contributed by atoms with van der Waals surface area (Å²) in [5.41, 5.74) is 9.79. The van der Waals surface area contributed by atoms with Crippen molar-refractivity contribution in [1.82, 2.24) is 9.97 Å². The minimum absolute atomic E-state index is 0.146. The summed E-state index contributed by atoms with van der Waals surface area (Å²) in [6.45, 7) is 1.83. The van der Waals surface area contributed by atoms with Crippen LogP contribution in [-0.2, 0) is 6.42 Å². The summed E-state index contributed by atoms with van der Waals surface area (Å²) >= 11 is 0. The molecule has 2 heterocycles. The molecule has 0 aliphatic heterocycles. The number of ether oxygens (including phenoxy) is 1. The van der Waals surface area contributed by atoms with Crippen molar-refractivity contribution >= 4 is 12.0 Å². The number of nitrogens with zero attached hydrogens (tertiary/aromatic N) is 2. The molecule has 0 saturated carbocycles. The Hall–Kier alpha value is -3.54. The number of nitrogens with two attached hydrogens (primary N) is 1. The first-order chi connectivity index (χ1) is 13.5. The number of fused-ring (bicyclic) bond motifs is 1. The van der Waals surface area contributed by atoms with Gasteiger partial charge in [0.1, 0.15) is 17.3 Å². The molecule has 6 heteroatoms. The molecule has 0 radical (unpaired) electrons. The van der Waals surface area contributed by atoms with Gasteiger partial charge in [0.2, 0.25) is 5.91 Å². The van der Waals surface area contributed by atoms with Gasteiger partial charge in [0.05, 0.1) is 11.9 Å². The molecule has 0 atom stereocenters. The SMILES string of the molecule is Cc1cc(-c2cc(Oc3cnc4c(c3)C=C(F)CC4)ccn2)ccc1C(N)=O. The highest BCUT2D eigenvalue weighted by atomic mass is 19.1. The number of carbonyl (C=O) groups is 1. The largest absolute Gasteiger partial charge is 0.456 e. The molecule has 0 fully saturated rings. The Morgan fingerprint density at radius 3 is 2.75 bits per heavy atom. The van der Waals surface area contributed by atoms with E-state index in [-0.39, 0.29) is 5.83 Å². The molecule has 5 nitrogen and oxygen atoms in total. The predicted octanol–water partition coefficient (Wildman–Crippen LogP) is 4.60. The van der Waals surface area contributed by atoms with E-state index in [1.807, 2.05) is 13.0 Å². The zero-order valence-electron chi connectivity index (χ0n) is 15.3. The van der Waals surface area contributed by atoms with Crippen LogP contribution in [0.2, 0.25) is 0 Å². The molecule has 140 valence electrons. The molecule has 28 heavy (non-hydrogen) atoms. The van der Waals surface area contributed by atoms with Crippen LogP contribution in [0.25, 0.3) is 17.3 Å². The summed E-state index contributed by atoms with van der Waals surface area (Å²) in [7, 11) is 0. The van der Waals surface area contributed by atoms with Crippen LogP contribution in [0.5, 0.6) is 11.5 Å². The average Bonchev–Trinajstić information content (AvgIpc) is 2.67. The number of allylic oxidation sites excluding steroid dienone is 1. The summed E-state index contributed by atoms with van der Waals surface area (Å²) in [6.07, 6.45) is 5.77. The topological polar surface area (TPSA) is 78.1 Å². The Labute approximate surface area is 161 Å². The van der Waals surface area contributed by atoms with Crippen molar-refractivity contribution in [1.29, 1.82) is 0 Å². The maximum Gasteiger partial charge on any atom is 0.248 e. The first kappa shape index (κ1) is 17.9. The van der Waals surface area contributed by atoms with Gasteiger partial charge in [-0.25, -0.2) is 4.39 Å². The number of primary amides is 1. The smallest absolute Gasteiger partial charge is 0.248 e. The van der Waals surface area contributed by atoms with E-state index >= 15 is 0 Å². The number of halogens is 1. The Morgan fingerprint density at radius 1 is 1.11 bits per heavy atom. The third-order valence-electron chi connectivity index (χ3n) is 4.65. The number of hydrogen-bond donors (Lipinski definition) is 1. The third-order valence-corrected chi connectivity index (χ3v) is 4.65. The Morgan fingerprint density at radius 2 is 1.96 bits per heavy atom. The predicted molar refractivity (Wildman–Crippen MR) is 105 cm³/mol. The lowest BCUT2D eigenvalue weighted by Gasteiger charge is -2.13. The minimum atomic E-state index is -0.459. The fourth-order valence-electron chi connectivity index (χ4n) is 3.23. The van der Waals surface area contributed by atoms with Gasteiger partial charge in [0, 0.05) is 41.1 Å². The van der Waals surface area contributed by atoms with Gasteiger partial charge in [-0.05, 0) is 49.2 Å². The molecule has 1 aromatic carbocycles. The maximum absolute atomic E-state index is 13.5. The molecule has 3 aromatic rings. The van der Waals surface area contributed by atoms with Crippen molar-refractivity contribution in [3.8, 4) is 22.8 Å². The van der Waals surface area contributed by atoms with Crippen LogP contribution < -0.4 is 10.5 Å². The summed E-state index contributed by atoms with van der Waals surface area (Å²) in [5, 5.41) is 0. The van der Waals surface area contributed by atoms with E-state index in [1.54, 1.807) is 42.7 Å². The van der Waals surface area contributed by atoms with E-state index in [1.165, 1.54) is 6.08 Å². The van der Waals surface area contributed by atoms with Crippen LogP contribution in [0.4, 0.5) is 4.39 Å². The molecule has 0 bridgehead atoms. The van der Waals surface area contributed by atoms with Gasteiger partial charge in [-0.15, -0.1) is 0 Å². The molecule has 2 aromatic heterocycles. The summed E-state index contributed by atoms with van der Waals surface area (Å²) < 4.78 is 19.4. The number of aromatic nitrogens is 2. The van der Waals surface area contributed by atoms with E-state index in [0.717, 1.165) is 22.4 Å². The van der Waals surface area contributed by atoms with Crippen LogP contribution in [0.15, 0.2) is 54.6 Å².